The fourth-order valence-electron chi connectivity index (χ4n) is 2.77. The summed E-state index contributed by atoms with van der Waals surface area (Å²) in [6.45, 7) is -0.404. The van der Waals surface area contributed by atoms with Crippen molar-refractivity contribution in [3.05, 3.63) is 0 Å². The van der Waals surface area contributed by atoms with Crippen LogP contribution >= 0.6 is 0 Å². The van der Waals surface area contributed by atoms with Crippen molar-refractivity contribution in [3.63, 3.8) is 0 Å². The fraction of sp³-hybridized carbons (Fsp3) is 0.812. The molecule has 0 aliphatic carbocycles. The summed E-state index contributed by atoms with van der Waals surface area (Å²) in [4.78, 5) is 33.4. The van der Waals surface area contributed by atoms with Gasteiger partial charge in [-0.2, -0.15) is 26.3 Å². The van der Waals surface area contributed by atoms with Crippen molar-refractivity contribution >= 4 is 17.7 Å². The zero-order chi connectivity index (χ0) is 22.9. The number of unbranched alkanes of at least 4 members (excludes halogenated alkanes) is 2. The lowest BCUT2D eigenvalue weighted by molar-refractivity contribution is -0.173. The molecular formula is C16H24F6N4O4. The van der Waals surface area contributed by atoms with Gasteiger partial charge in [0, 0.05) is 13.1 Å². The highest BCUT2D eigenvalue weighted by Gasteiger charge is 2.39. The lowest BCUT2D eigenvalue weighted by atomic mass is 10.0. The Labute approximate surface area is 168 Å². The number of halogens is 6. The molecule has 0 bridgehead atoms. The summed E-state index contributed by atoms with van der Waals surface area (Å²) in [6.07, 6.45) is -9.44. The predicted molar refractivity (Wildman–Crippen MR) is 90.7 cm³/mol. The number of piperazine rings is 1. The molecule has 0 radical (unpaired) electrons. The first-order chi connectivity index (χ1) is 13.8. The van der Waals surface area contributed by atoms with Gasteiger partial charge < -0.3 is 21.1 Å². The van der Waals surface area contributed by atoms with Crippen molar-refractivity contribution in [3.8, 4) is 0 Å². The van der Waals surface area contributed by atoms with Crippen LogP contribution in [0.25, 0.3) is 0 Å². The van der Waals surface area contributed by atoms with Crippen LogP contribution in [0.1, 0.15) is 38.5 Å². The van der Waals surface area contributed by atoms with E-state index in [4.69, 9.17) is 0 Å². The first-order valence-corrected chi connectivity index (χ1v) is 9.27. The third kappa shape index (κ3) is 9.15. The number of alkyl halides is 6. The molecule has 1 aliphatic rings. The van der Waals surface area contributed by atoms with Gasteiger partial charge in [0.2, 0.25) is 5.91 Å². The summed E-state index contributed by atoms with van der Waals surface area (Å²) in [6, 6.07) is -1.43. The average Bonchev–Trinajstić information content (AvgIpc) is 2.62. The normalized spacial score (nSPS) is 22.4. The van der Waals surface area contributed by atoms with Crippen LogP contribution in [0.3, 0.4) is 0 Å². The van der Waals surface area contributed by atoms with Gasteiger partial charge in [0.25, 0.3) is 0 Å². The molecule has 3 unspecified atom stereocenters. The van der Waals surface area contributed by atoms with E-state index in [0.717, 1.165) is 0 Å². The molecule has 0 spiro atoms. The molecule has 8 nitrogen and oxygen atoms in total. The second-order valence-electron chi connectivity index (χ2n) is 6.78. The molecule has 174 valence electrons. The quantitative estimate of drug-likeness (QED) is 0.245. The van der Waals surface area contributed by atoms with Crippen molar-refractivity contribution in [1.29, 1.82) is 0 Å². The Morgan fingerprint density at radius 1 is 0.867 bits per heavy atom. The minimum atomic E-state index is -4.95. The Hall–Kier alpha value is -2.09. The molecule has 1 aliphatic heterocycles. The van der Waals surface area contributed by atoms with Gasteiger partial charge in [-0.25, -0.2) is 0 Å². The maximum atomic E-state index is 12.1. The maximum Gasteiger partial charge on any atom is 0.471 e. The highest BCUT2D eigenvalue weighted by molar-refractivity contribution is 5.83. The van der Waals surface area contributed by atoms with Crippen LogP contribution in [0.15, 0.2) is 0 Å². The van der Waals surface area contributed by atoms with E-state index in [9.17, 15) is 45.8 Å². The van der Waals surface area contributed by atoms with E-state index in [1.165, 1.54) is 0 Å². The molecule has 1 fully saturated rings. The van der Waals surface area contributed by atoms with Crippen molar-refractivity contribution < 1.29 is 45.8 Å². The molecule has 1 saturated heterocycles. The minimum Gasteiger partial charge on any atom is -0.376 e. The number of aliphatic hydroxyl groups is 1. The first-order valence-electron chi connectivity index (χ1n) is 9.27. The molecule has 3 amide bonds. The zero-order valence-corrected chi connectivity index (χ0v) is 15.8. The monoisotopic (exact) mass is 450 g/mol. The van der Waals surface area contributed by atoms with Gasteiger partial charge >= 0.3 is 24.2 Å². The summed E-state index contributed by atoms with van der Waals surface area (Å²) < 4.78 is 72.2. The van der Waals surface area contributed by atoms with E-state index in [1.54, 1.807) is 10.6 Å². The zero-order valence-electron chi connectivity index (χ0n) is 15.8. The average molecular weight is 450 g/mol. The van der Waals surface area contributed by atoms with E-state index >= 15 is 0 Å². The summed E-state index contributed by atoms with van der Waals surface area (Å²) >= 11 is 0. The van der Waals surface area contributed by atoms with Crippen LogP contribution in [0, 0.1) is 0 Å². The van der Waals surface area contributed by atoms with E-state index in [1.807, 2.05) is 0 Å². The lowest BCUT2D eigenvalue weighted by Crippen LogP contribution is -2.63. The number of amides is 3. The molecule has 1 heterocycles. The second kappa shape index (κ2) is 11.3. The molecule has 5 N–H and O–H groups in total. The number of hydrogen-bond donors (Lipinski definition) is 5. The van der Waals surface area contributed by atoms with Crippen molar-refractivity contribution in [2.45, 2.75) is 69.2 Å². The molecule has 30 heavy (non-hydrogen) atoms. The van der Waals surface area contributed by atoms with Crippen LogP contribution in [0.4, 0.5) is 26.3 Å². The molecule has 1 rings (SSSR count). The van der Waals surface area contributed by atoms with E-state index < -0.39 is 48.4 Å². The number of carbonyl (C=O) groups is 3. The van der Waals surface area contributed by atoms with Crippen molar-refractivity contribution in [1.82, 2.24) is 21.3 Å². The van der Waals surface area contributed by atoms with Crippen LogP contribution in [0.2, 0.25) is 0 Å². The van der Waals surface area contributed by atoms with Crippen LogP contribution in [0.5, 0.6) is 0 Å². The molecule has 0 aromatic heterocycles. The Morgan fingerprint density at radius 2 is 1.33 bits per heavy atom. The molecule has 14 heteroatoms. The van der Waals surface area contributed by atoms with Gasteiger partial charge in [-0.05, 0) is 38.5 Å². The highest BCUT2D eigenvalue weighted by atomic mass is 19.4. The standard InChI is InChI=1S/C16H24F6N4O4/c17-15(18,19)13(29)23-7-3-1-5-9-11(27)26-10(12(28)25-9)6-2-4-8-24-14(30)16(20,21)22/h9-11,26-27H,1-8H2,(H,23,29)(H,24,30)(H,25,28). The van der Waals surface area contributed by atoms with E-state index in [-0.39, 0.29) is 38.8 Å². The Bertz CT molecular complexity index is 599. The van der Waals surface area contributed by atoms with Gasteiger partial charge in [-0.1, -0.05) is 0 Å². The van der Waals surface area contributed by atoms with Crippen LogP contribution in [-0.2, 0) is 14.4 Å². The molecular weight excluding hydrogens is 426 g/mol. The second-order valence-corrected chi connectivity index (χ2v) is 6.78. The first kappa shape index (κ1) is 25.9. The molecule has 0 saturated carbocycles. The van der Waals surface area contributed by atoms with Gasteiger partial charge in [0.05, 0.1) is 12.1 Å². The number of hydrogen-bond acceptors (Lipinski definition) is 5. The Kier molecular flexibility index (Phi) is 9.81. The number of carbonyl (C=O) groups excluding carboxylic acids is 3. The number of aliphatic hydroxyl groups excluding tert-OH is 1. The lowest BCUT2D eigenvalue weighted by Gasteiger charge is -2.35. The van der Waals surface area contributed by atoms with Crippen molar-refractivity contribution in [2.24, 2.45) is 0 Å². The SMILES string of the molecule is O=C1NC(CCCCNC(=O)C(F)(F)F)C(O)NC1CCCCNC(=O)C(F)(F)F. The summed E-state index contributed by atoms with van der Waals surface area (Å²) in [5, 5.41) is 18.7. The third-order valence-electron chi connectivity index (χ3n) is 4.34. The van der Waals surface area contributed by atoms with Gasteiger partial charge in [-0.3, -0.25) is 19.7 Å². The van der Waals surface area contributed by atoms with Crippen LogP contribution in [-0.4, -0.2) is 66.6 Å². The van der Waals surface area contributed by atoms with E-state index in [2.05, 4.69) is 10.6 Å². The maximum absolute atomic E-state index is 12.1. The fourth-order valence-corrected chi connectivity index (χ4v) is 2.77. The summed E-state index contributed by atoms with van der Waals surface area (Å²) in [5.74, 6) is -4.49. The van der Waals surface area contributed by atoms with Crippen LogP contribution < -0.4 is 21.3 Å². The van der Waals surface area contributed by atoms with E-state index in [0.29, 0.717) is 12.8 Å². The minimum absolute atomic E-state index is 0.198. The number of nitrogens with one attached hydrogen (secondary N) is 4. The largest absolute Gasteiger partial charge is 0.471 e. The highest BCUT2D eigenvalue weighted by Crippen LogP contribution is 2.16. The van der Waals surface area contributed by atoms with Gasteiger partial charge in [0.1, 0.15) is 6.23 Å². The number of rotatable bonds is 10. The summed E-state index contributed by atoms with van der Waals surface area (Å²) in [5.41, 5.74) is 0. The predicted octanol–water partition coefficient (Wildman–Crippen LogP) is 0.459. The Balaban J connectivity index is 2.22. The Morgan fingerprint density at radius 3 is 1.80 bits per heavy atom. The molecule has 0 aromatic carbocycles. The topological polar surface area (TPSA) is 120 Å². The third-order valence-corrected chi connectivity index (χ3v) is 4.34. The summed E-state index contributed by atoms with van der Waals surface area (Å²) in [7, 11) is 0. The molecule has 3 atom stereocenters. The van der Waals surface area contributed by atoms with Gasteiger partial charge in [-0.15, -0.1) is 0 Å². The molecule has 0 aromatic rings. The van der Waals surface area contributed by atoms with Gasteiger partial charge in [0.15, 0.2) is 0 Å². The smallest absolute Gasteiger partial charge is 0.376 e. The van der Waals surface area contributed by atoms with Crippen molar-refractivity contribution in [2.75, 3.05) is 13.1 Å².